The summed E-state index contributed by atoms with van der Waals surface area (Å²) in [7, 11) is 0. The molecule has 8 nitrogen and oxygen atoms in total. The molecule has 1 unspecified atom stereocenters. The number of halogens is 1. The van der Waals surface area contributed by atoms with Gasteiger partial charge in [-0.25, -0.2) is 9.18 Å². The molecule has 2 amide bonds. The van der Waals surface area contributed by atoms with Crippen LogP contribution < -0.4 is 10.6 Å². The highest BCUT2D eigenvalue weighted by atomic mass is 19.1. The molecule has 1 atom stereocenters. The fourth-order valence-corrected chi connectivity index (χ4v) is 3.23. The molecule has 0 saturated heterocycles. The normalized spacial score (nSPS) is 20.4. The van der Waals surface area contributed by atoms with E-state index in [9.17, 15) is 14.0 Å². The minimum atomic E-state index is -0.780. The zero-order valence-corrected chi connectivity index (χ0v) is 15.7. The Morgan fingerprint density at radius 2 is 2.00 bits per heavy atom. The van der Waals surface area contributed by atoms with Crippen LogP contribution in [0, 0.1) is 18.7 Å². The number of nitrogens with zero attached hydrogens (tertiary/aromatic N) is 2. The van der Waals surface area contributed by atoms with Crippen LogP contribution in [0.4, 0.5) is 9.18 Å². The van der Waals surface area contributed by atoms with Gasteiger partial charge in [0.2, 0.25) is 11.7 Å². The van der Waals surface area contributed by atoms with Crippen molar-refractivity contribution >= 4 is 12.0 Å². The zero-order valence-electron chi connectivity index (χ0n) is 15.7. The maximum absolute atomic E-state index is 13.7. The summed E-state index contributed by atoms with van der Waals surface area (Å²) in [6.07, 6.45) is 2.36. The van der Waals surface area contributed by atoms with Gasteiger partial charge in [0.1, 0.15) is 11.9 Å². The van der Waals surface area contributed by atoms with E-state index >= 15 is 0 Å². The van der Waals surface area contributed by atoms with E-state index in [2.05, 4.69) is 20.8 Å². The highest BCUT2D eigenvalue weighted by Gasteiger charge is 2.27. The van der Waals surface area contributed by atoms with Crippen molar-refractivity contribution in [3.63, 3.8) is 0 Å². The number of hydrogen-bond donors (Lipinski definition) is 3. The molecular weight excluding hydrogens is 367 g/mol. The van der Waals surface area contributed by atoms with E-state index in [1.807, 2.05) is 0 Å². The molecule has 1 fully saturated rings. The second kappa shape index (κ2) is 8.37. The van der Waals surface area contributed by atoms with Crippen LogP contribution in [0.5, 0.6) is 0 Å². The summed E-state index contributed by atoms with van der Waals surface area (Å²) in [5.74, 6) is -1.01. The standard InChI is InChI=1S/C19H23FN4O4/c1-10-3-4-13(9-15(10)20)16-23-17(28-24-16)11(2)21-19(27)22-14-7-5-12(6-8-14)18(25)26/h3-4,9,11-12,14H,5-8H2,1-2H3,(H,25,26)(H2,21,22,27). The number of carboxylic acid groups (broad SMARTS) is 1. The number of amides is 2. The Hall–Kier alpha value is -2.97. The molecule has 0 radical (unpaired) electrons. The van der Waals surface area contributed by atoms with Crippen LogP contribution >= 0.6 is 0 Å². The van der Waals surface area contributed by atoms with Crippen LogP contribution in [-0.4, -0.2) is 33.3 Å². The lowest BCUT2D eigenvalue weighted by Crippen LogP contribution is -2.44. The summed E-state index contributed by atoms with van der Waals surface area (Å²) < 4.78 is 18.9. The fourth-order valence-electron chi connectivity index (χ4n) is 3.23. The molecule has 0 aliphatic heterocycles. The van der Waals surface area contributed by atoms with Gasteiger partial charge in [-0.1, -0.05) is 17.3 Å². The molecule has 0 bridgehead atoms. The van der Waals surface area contributed by atoms with Gasteiger partial charge in [0, 0.05) is 11.6 Å². The van der Waals surface area contributed by atoms with Gasteiger partial charge < -0.3 is 20.3 Å². The van der Waals surface area contributed by atoms with Gasteiger partial charge in [-0.05, 0) is 51.2 Å². The Bertz CT molecular complexity index is 861. The Balaban J connectivity index is 1.54. The van der Waals surface area contributed by atoms with E-state index in [1.165, 1.54) is 6.07 Å². The van der Waals surface area contributed by atoms with Crippen molar-refractivity contribution in [1.29, 1.82) is 0 Å². The lowest BCUT2D eigenvalue weighted by Gasteiger charge is -2.27. The van der Waals surface area contributed by atoms with Crippen molar-refractivity contribution in [2.24, 2.45) is 5.92 Å². The second-order valence-electron chi connectivity index (χ2n) is 7.15. The Kier molecular flexibility index (Phi) is 5.91. The van der Waals surface area contributed by atoms with Crippen molar-refractivity contribution in [3.8, 4) is 11.4 Å². The lowest BCUT2D eigenvalue weighted by atomic mass is 9.86. The lowest BCUT2D eigenvalue weighted by molar-refractivity contribution is -0.142. The zero-order chi connectivity index (χ0) is 20.3. The van der Waals surface area contributed by atoms with Gasteiger partial charge in [0.15, 0.2) is 0 Å². The van der Waals surface area contributed by atoms with Gasteiger partial charge in [0.05, 0.1) is 5.92 Å². The van der Waals surface area contributed by atoms with Crippen LogP contribution in [0.25, 0.3) is 11.4 Å². The number of hydrogen-bond acceptors (Lipinski definition) is 5. The summed E-state index contributed by atoms with van der Waals surface area (Å²) in [4.78, 5) is 27.4. The van der Waals surface area contributed by atoms with Crippen molar-refractivity contribution < 1.29 is 23.6 Å². The molecule has 0 spiro atoms. The van der Waals surface area contributed by atoms with E-state index in [0.717, 1.165) is 0 Å². The molecule has 1 heterocycles. The van der Waals surface area contributed by atoms with Crippen molar-refractivity contribution in [1.82, 2.24) is 20.8 Å². The predicted octanol–water partition coefficient (Wildman–Crippen LogP) is 3.19. The summed E-state index contributed by atoms with van der Waals surface area (Å²) in [6, 6.07) is 3.69. The molecule has 150 valence electrons. The number of urea groups is 1. The summed E-state index contributed by atoms with van der Waals surface area (Å²) in [6.45, 7) is 3.37. The fraction of sp³-hybridized carbons (Fsp3) is 0.474. The summed E-state index contributed by atoms with van der Waals surface area (Å²) in [5, 5.41) is 18.4. The van der Waals surface area contributed by atoms with Crippen molar-refractivity contribution in [2.45, 2.75) is 51.6 Å². The van der Waals surface area contributed by atoms with Crippen molar-refractivity contribution in [3.05, 3.63) is 35.5 Å². The predicted molar refractivity (Wildman–Crippen MR) is 97.9 cm³/mol. The maximum atomic E-state index is 13.7. The van der Waals surface area contributed by atoms with Gasteiger partial charge in [-0.2, -0.15) is 4.98 Å². The first kappa shape index (κ1) is 19.8. The second-order valence-corrected chi connectivity index (χ2v) is 7.15. The van der Waals surface area contributed by atoms with Crippen LogP contribution in [0.15, 0.2) is 22.7 Å². The number of carbonyl (C=O) groups is 2. The molecule has 1 aliphatic rings. The minimum Gasteiger partial charge on any atom is -0.481 e. The minimum absolute atomic E-state index is 0.0587. The molecule has 3 N–H and O–H groups in total. The number of rotatable bonds is 5. The molecule has 1 aromatic carbocycles. The number of carbonyl (C=O) groups excluding carboxylic acids is 1. The van der Waals surface area contributed by atoms with Gasteiger partial charge in [0.25, 0.3) is 0 Å². The average Bonchev–Trinajstić information content (AvgIpc) is 3.14. The molecule has 1 saturated carbocycles. The number of aromatic nitrogens is 2. The number of benzene rings is 1. The first-order valence-electron chi connectivity index (χ1n) is 9.23. The van der Waals surface area contributed by atoms with Gasteiger partial charge in [-0.3, -0.25) is 4.79 Å². The van der Waals surface area contributed by atoms with E-state index in [0.29, 0.717) is 36.8 Å². The number of carboxylic acids is 1. The van der Waals surface area contributed by atoms with Gasteiger partial charge >= 0.3 is 12.0 Å². The molecule has 9 heteroatoms. The first-order chi connectivity index (χ1) is 13.3. The third kappa shape index (κ3) is 4.65. The van der Waals surface area contributed by atoms with E-state index in [-0.39, 0.29) is 35.5 Å². The molecule has 1 aliphatic carbocycles. The Labute approximate surface area is 161 Å². The molecule has 1 aromatic heterocycles. The summed E-state index contributed by atoms with van der Waals surface area (Å²) in [5.41, 5.74) is 1.02. The number of aryl methyl sites for hydroxylation is 1. The molecule has 2 aromatic rings. The van der Waals surface area contributed by atoms with Crippen molar-refractivity contribution in [2.75, 3.05) is 0 Å². The highest BCUT2D eigenvalue weighted by Crippen LogP contribution is 2.24. The van der Waals surface area contributed by atoms with Crippen LogP contribution in [0.1, 0.15) is 50.1 Å². The van der Waals surface area contributed by atoms with Gasteiger partial charge in [-0.15, -0.1) is 0 Å². The molecule has 28 heavy (non-hydrogen) atoms. The monoisotopic (exact) mass is 390 g/mol. The SMILES string of the molecule is Cc1ccc(-c2noc(C(C)NC(=O)NC3CCC(C(=O)O)CC3)n2)cc1F. The quantitative estimate of drug-likeness (QED) is 0.722. The molecular formula is C19H23FN4O4. The third-order valence-corrected chi connectivity index (χ3v) is 5.00. The van der Waals surface area contributed by atoms with Crippen LogP contribution in [0.2, 0.25) is 0 Å². The maximum Gasteiger partial charge on any atom is 0.315 e. The van der Waals surface area contributed by atoms with E-state index < -0.39 is 12.0 Å². The largest absolute Gasteiger partial charge is 0.481 e. The highest BCUT2D eigenvalue weighted by molar-refractivity contribution is 5.74. The van der Waals surface area contributed by atoms with E-state index in [4.69, 9.17) is 9.63 Å². The average molecular weight is 390 g/mol. The smallest absolute Gasteiger partial charge is 0.315 e. The third-order valence-electron chi connectivity index (χ3n) is 5.00. The molecule has 3 rings (SSSR count). The number of nitrogens with one attached hydrogen (secondary N) is 2. The first-order valence-corrected chi connectivity index (χ1v) is 9.23. The van der Waals surface area contributed by atoms with Crippen LogP contribution in [-0.2, 0) is 4.79 Å². The van der Waals surface area contributed by atoms with E-state index in [1.54, 1.807) is 26.0 Å². The topological polar surface area (TPSA) is 117 Å². The van der Waals surface area contributed by atoms with Crippen LogP contribution in [0.3, 0.4) is 0 Å². The summed E-state index contributed by atoms with van der Waals surface area (Å²) >= 11 is 0. The Morgan fingerprint density at radius 3 is 2.64 bits per heavy atom. The number of aliphatic carboxylic acids is 1. The Morgan fingerprint density at radius 1 is 1.29 bits per heavy atom.